The smallest absolute Gasteiger partial charge is 0.245 e. The van der Waals surface area contributed by atoms with Crippen molar-refractivity contribution in [1.29, 1.82) is 0 Å². The molecule has 1 aliphatic heterocycles. The van der Waals surface area contributed by atoms with Crippen molar-refractivity contribution in [3.63, 3.8) is 0 Å². The minimum atomic E-state index is -0.613. The lowest BCUT2D eigenvalue weighted by Gasteiger charge is -2.49. The van der Waals surface area contributed by atoms with Crippen LogP contribution in [0.1, 0.15) is 49.9 Å². The Morgan fingerprint density at radius 3 is 1.84 bits per heavy atom. The zero-order valence-electron chi connectivity index (χ0n) is 20.7. The molecule has 4 unspecified atom stereocenters. The summed E-state index contributed by atoms with van der Waals surface area (Å²) < 4.78 is 29.3. The summed E-state index contributed by atoms with van der Waals surface area (Å²) in [6.45, 7) is 3.77. The van der Waals surface area contributed by atoms with Gasteiger partial charge in [0.1, 0.15) is 29.5 Å². The molecule has 0 bridgehead atoms. The molecule has 0 saturated carbocycles. The molecule has 0 aliphatic carbocycles. The van der Waals surface area contributed by atoms with Crippen molar-refractivity contribution >= 4 is 22.7 Å². The van der Waals surface area contributed by atoms with Crippen LogP contribution in [0.15, 0.2) is 72.8 Å². The van der Waals surface area contributed by atoms with Crippen LogP contribution in [-0.2, 0) is 16.1 Å². The van der Waals surface area contributed by atoms with E-state index in [9.17, 15) is 18.4 Å². The summed E-state index contributed by atoms with van der Waals surface area (Å²) in [4.78, 5) is 29.8. The average Bonchev–Trinajstić information content (AvgIpc) is 3.31. The summed E-state index contributed by atoms with van der Waals surface area (Å²) in [5.41, 5.74) is 2.76. The molecule has 1 aromatic heterocycles. The van der Waals surface area contributed by atoms with Crippen molar-refractivity contribution in [2.24, 2.45) is 11.8 Å². The number of piperidine rings is 1. The lowest BCUT2D eigenvalue weighted by molar-refractivity contribution is -0.153. The monoisotopic (exact) mass is 502 g/mol. The van der Waals surface area contributed by atoms with Crippen LogP contribution in [0.3, 0.4) is 0 Å². The van der Waals surface area contributed by atoms with Crippen LogP contribution < -0.4 is 0 Å². The zero-order valence-corrected chi connectivity index (χ0v) is 20.7. The highest BCUT2D eigenvalue weighted by molar-refractivity contribution is 5.89. The maximum atomic E-state index is 14.2. The van der Waals surface area contributed by atoms with Gasteiger partial charge in [0.2, 0.25) is 5.91 Å². The van der Waals surface area contributed by atoms with Gasteiger partial charge in [0.25, 0.3) is 0 Å². The van der Waals surface area contributed by atoms with Gasteiger partial charge in [-0.25, -0.2) is 13.5 Å². The van der Waals surface area contributed by atoms with Gasteiger partial charge in [-0.1, -0.05) is 55.5 Å². The Morgan fingerprint density at radius 2 is 1.32 bits per heavy atom. The van der Waals surface area contributed by atoms with Gasteiger partial charge < -0.3 is 4.90 Å². The van der Waals surface area contributed by atoms with Gasteiger partial charge in [-0.2, -0.15) is 0 Å². The van der Waals surface area contributed by atoms with Crippen LogP contribution in [0.2, 0.25) is 0 Å². The van der Waals surface area contributed by atoms with Gasteiger partial charge in [0.15, 0.2) is 0 Å². The van der Waals surface area contributed by atoms with Crippen LogP contribution >= 0.6 is 0 Å². The van der Waals surface area contributed by atoms with Gasteiger partial charge in [0, 0.05) is 11.8 Å². The molecule has 0 radical (unpaired) electrons. The number of carbonyl (C=O) groups excluding carboxylic acids is 2. The minimum absolute atomic E-state index is 0.0592. The van der Waals surface area contributed by atoms with Crippen molar-refractivity contribution in [2.45, 2.75) is 45.3 Å². The Kier molecular flexibility index (Phi) is 6.82. The summed E-state index contributed by atoms with van der Waals surface area (Å²) >= 11 is 0. The summed E-state index contributed by atoms with van der Waals surface area (Å²) in [5, 5.41) is 8.36. The number of rotatable bonds is 6. The predicted molar refractivity (Wildman–Crippen MR) is 135 cm³/mol. The van der Waals surface area contributed by atoms with Gasteiger partial charge in [-0.3, -0.25) is 9.59 Å². The lowest BCUT2D eigenvalue weighted by Crippen LogP contribution is -2.53. The summed E-state index contributed by atoms with van der Waals surface area (Å²) in [7, 11) is 0. The van der Waals surface area contributed by atoms with E-state index in [1.54, 1.807) is 33.8 Å². The zero-order chi connectivity index (χ0) is 26.1. The number of amides is 1. The van der Waals surface area contributed by atoms with Gasteiger partial charge in [-0.15, -0.1) is 5.10 Å². The largest absolute Gasteiger partial charge is 0.326 e. The lowest BCUT2D eigenvalue weighted by atomic mass is 9.71. The number of aromatic nitrogens is 3. The van der Waals surface area contributed by atoms with Crippen molar-refractivity contribution in [3.05, 3.63) is 95.6 Å². The topological polar surface area (TPSA) is 68.1 Å². The fourth-order valence-electron chi connectivity index (χ4n) is 5.66. The van der Waals surface area contributed by atoms with E-state index >= 15 is 0 Å². The molecule has 4 atom stereocenters. The molecule has 190 valence electrons. The Morgan fingerprint density at radius 1 is 0.811 bits per heavy atom. The number of para-hydroxylation sites is 1. The van der Waals surface area contributed by atoms with Gasteiger partial charge in [0.05, 0.1) is 17.6 Å². The van der Waals surface area contributed by atoms with Crippen LogP contribution in [0.5, 0.6) is 0 Å². The molecular weight excluding hydrogens is 474 g/mol. The van der Waals surface area contributed by atoms with E-state index in [4.69, 9.17) is 0 Å². The second kappa shape index (κ2) is 10.2. The van der Waals surface area contributed by atoms with E-state index < -0.39 is 35.6 Å². The molecule has 1 fully saturated rings. The maximum absolute atomic E-state index is 14.2. The number of nitrogens with zero attached hydrogens (tertiary/aromatic N) is 4. The number of ketones is 1. The number of hydrogen-bond acceptors (Lipinski definition) is 4. The molecule has 1 aliphatic rings. The van der Waals surface area contributed by atoms with E-state index in [0.29, 0.717) is 29.5 Å². The fraction of sp³-hybridized carbons (Fsp3) is 0.310. The number of halogens is 2. The van der Waals surface area contributed by atoms with Gasteiger partial charge >= 0.3 is 0 Å². The highest BCUT2D eigenvalue weighted by Gasteiger charge is 2.50. The molecule has 5 rings (SSSR count). The molecule has 4 aromatic rings. The number of benzene rings is 3. The van der Waals surface area contributed by atoms with E-state index in [1.165, 1.54) is 24.3 Å². The van der Waals surface area contributed by atoms with Crippen LogP contribution in [0.4, 0.5) is 8.78 Å². The first-order chi connectivity index (χ1) is 17.9. The first-order valence-electron chi connectivity index (χ1n) is 12.6. The summed E-state index contributed by atoms with van der Waals surface area (Å²) in [6, 6.07) is 18.1. The average molecular weight is 503 g/mol. The Hall–Kier alpha value is -3.94. The molecule has 2 heterocycles. The number of carbonyl (C=O) groups is 2. The number of fused-ring (bicyclic) bond motifs is 1. The Bertz CT molecular complexity index is 1350. The SMILES string of the molecule is CCC1C(=O)C(CC)C(c2ccc(F)cc2)N(C(=O)Cn2nnc3ccccc32)C1c1ccc(F)cc1. The maximum Gasteiger partial charge on any atom is 0.245 e. The Balaban J connectivity index is 1.66. The highest BCUT2D eigenvalue weighted by Crippen LogP contribution is 2.48. The van der Waals surface area contributed by atoms with E-state index in [2.05, 4.69) is 10.3 Å². The third-order valence-corrected chi connectivity index (χ3v) is 7.39. The molecule has 0 N–H and O–H groups in total. The molecule has 8 heteroatoms. The molecule has 1 saturated heterocycles. The quantitative estimate of drug-likeness (QED) is 0.341. The van der Waals surface area contributed by atoms with E-state index in [0.717, 1.165) is 5.52 Å². The molecule has 37 heavy (non-hydrogen) atoms. The molecule has 3 aromatic carbocycles. The van der Waals surface area contributed by atoms with E-state index in [-0.39, 0.29) is 18.2 Å². The second-order valence-electron chi connectivity index (χ2n) is 9.46. The Labute approximate surface area is 213 Å². The van der Waals surface area contributed by atoms with Crippen molar-refractivity contribution in [1.82, 2.24) is 19.9 Å². The number of Topliss-reactive ketones (excluding diaryl/α,β-unsaturated/α-hetero) is 1. The molecule has 6 nitrogen and oxygen atoms in total. The van der Waals surface area contributed by atoms with E-state index in [1.807, 2.05) is 38.1 Å². The third kappa shape index (κ3) is 4.52. The van der Waals surface area contributed by atoms with Crippen LogP contribution in [0.25, 0.3) is 11.0 Å². The van der Waals surface area contributed by atoms with Crippen LogP contribution in [-0.4, -0.2) is 31.6 Å². The van der Waals surface area contributed by atoms with Crippen molar-refractivity contribution in [2.75, 3.05) is 0 Å². The molecule has 1 amide bonds. The fourth-order valence-corrected chi connectivity index (χ4v) is 5.66. The normalized spacial score (nSPS) is 21.9. The van der Waals surface area contributed by atoms with Crippen molar-refractivity contribution < 1.29 is 18.4 Å². The highest BCUT2D eigenvalue weighted by atomic mass is 19.1. The predicted octanol–water partition coefficient (Wildman–Crippen LogP) is 5.66. The van der Waals surface area contributed by atoms with Crippen LogP contribution in [0, 0.1) is 23.5 Å². The summed E-state index contributed by atoms with van der Waals surface area (Å²) in [5.74, 6) is -1.92. The van der Waals surface area contributed by atoms with Crippen molar-refractivity contribution in [3.8, 4) is 0 Å². The second-order valence-corrected chi connectivity index (χ2v) is 9.46. The minimum Gasteiger partial charge on any atom is -0.326 e. The van der Waals surface area contributed by atoms with Gasteiger partial charge in [-0.05, 0) is 60.4 Å². The third-order valence-electron chi connectivity index (χ3n) is 7.39. The standard InChI is InChI=1S/C29H28F2N4O2/c1-3-22-27(18-9-13-20(30)14-10-18)35(26(36)17-34-25-8-6-5-7-24(25)32-33-34)28(23(4-2)29(22)37)19-11-15-21(31)16-12-19/h5-16,22-23,27-28H,3-4,17H2,1-2H3. The number of hydrogen-bond donors (Lipinski definition) is 0. The molecular formula is C29H28F2N4O2. The molecule has 0 spiro atoms. The first-order valence-corrected chi connectivity index (χ1v) is 12.6. The first kappa shape index (κ1) is 24.7. The number of likely N-dealkylation sites (tertiary alicyclic amines) is 1. The summed E-state index contributed by atoms with van der Waals surface area (Å²) in [6.07, 6.45) is 1.03.